The fourth-order valence-corrected chi connectivity index (χ4v) is 3.20. The van der Waals surface area contributed by atoms with E-state index in [1.54, 1.807) is 11.3 Å². The van der Waals surface area contributed by atoms with Gasteiger partial charge in [0.1, 0.15) is 10.8 Å². The molecule has 0 saturated carbocycles. The fraction of sp³-hybridized carbons (Fsp3) is 0.235. The monoisotopic (exact) mass is 298 g/mol. The molecular weight excluding hydrogens is 280 g/mol. The van der Waals surface area contributed by atoms with Crippen molar-refractivity contribution in [3.8, 4) is 5.75 Å². The quantitative estimate of drug-likeness (QED) is 0.730. The number of fused-ring (bicyclic) bond motifs is 1. The number of anilines is 1. The summed E-state index contributed by atoms with van der Waals surface area (Å²) in [6.45, 7) is 4.80. The highest BCUT2D eigenvalue weighted by atomic mass is 32.1. The molecule has 1 aromatic heterocycles. The molecule has 4 heteroatoms. The smallest absolute Gasteiger partial charge is 0.121 e. The molecule has 0 aliphatic carbocycles. The molecular formula is C17H18N2OS. The Morgan fingerprint density at radius 1 is 1.19 bits per heavy atom. The number of thiazole rings is 1. The molecule has 3 aromatic rings. The van der Waals surface area contributed by atoms with Crippen LogP contribution in [-0.4, -0.2) is 11.6 Å². The third kappa shape index (κ3) is 3.16. The lowest BCUT2D eigenvalue weighted by molar-refractivity contribution is 0.340. The minimum Gasteiger partial charge on any atom is -0.494 e. The van der Waals surface area contributed by atoms with E-state index in [4.69, 9.17) is 9.72 Å². The Labute approximate surface area is 128 Å². The highest BCUT2D eigenvalue weighted by Gasteiger charge is 2.11. The SMILES string of the molecule is CCOc1cccc(NC(C)c2nc3ccccc3s2)c1. The molecule has 1 atom stereocenters. The first-order valence-corrected chi connectivity index (χ1v) is 7.93. The summed E-state index contributed by atoms with van der Waals surface area (Å²) >= 11 is 1.73. The zero-order chi connectivity index (χ0) is 14.7. The van der Waals surface area contributed by atoms with Gasteiger partial charge in [0.2, 0.25) is 0 Å². The van der Waals surface area contributed by atoms with Gasteiger partial charge in [0.15, 0.2) is 0 Å². The average molecular weight is 298 g/mol. The van der Waals surface area contributed by atoms with Gasteiger partial charge in [-0.3, -0.25) is 0 Å². The van der Waals surface area contributed by atoms with Gasteiger partial charge in [-0.2, -0.15) is 0 Å². The molecule has 1 unspecified atom stereocenters. The van der Waals surface area contributed by atoms with Crippen molar-refractivity contribution in [2.75, 3.05) is 11.9 Å². The number of rotatable bonds is 5. The maximum absolute atomic E-state index is 5.53. The van der Waals surface area contributed by atoms with Crippen LogP contribution in [0.5, 0.6) is 5.75 Å². The van der Waals surface area contributed by atoms with Crippen LogP contribution >= 0.6 is 11.3 Å². The van der Waals surface area contributed by atoms with E-state index in [-0.39, 0.29) is 6.04 Å². The lowest BCUT2D eigenvalue weighted by Gasteiger charge is -2.13. The van der Waals surface area contributed by atoms with E-state index in [1.807, 2.05) is 43.3 Å². The van der Waals surface area contributed by atoms with Gasteiger partial charge >= 0.3 is 0 Å². The van der Waals surface area contributed by atoms with Crippen LogP contribution in [0.25, 0.3) is 10.2 Å². The van der Waals surface area contributed by atoms with Crippen LogP contribution in [0.1, 0.15) is 24.9 Å². The number of hydrogen-bond acceptors (Lipinski definition) is 4. The third-order valence-electron chi connectivity index (χ3n) is 3.21. The molecule has 0 saturated heterocycles. The van der Waals surface area contributed by atoms with Crippen molar-refractivity contribution in [2.24, 2.45) is 0 Å². The van der Waals surface area contributed by atoms with Gasteiger partial charge in [-0.15, -0.1) is 11.3 Å². The zero-order valence-electron chi connectivity index (χ0n) is 12.2. The number of nitrogens with zero attached hydrogens (tertiary/aromatic N) is 1. The van der Waals surface area contributed by atoms with E-state index in [9.17, 15) is 0 Å². The number of benzene rings is 2. The first-order chi connectivity index (χ1) is 10.3. The maximum atomic E-state index is 5.53. The normalized spacial score (nSPS) is 12.3. The second-order valence-corrected chi connectivity index (χ2v) is 5.91. The Balaban J connectivity index is 1.79. The molecule has 0 radical (unpaired) electrons. The summed E-state index contributed by atoms with van der Waals surface area (Å²) in [4.78, 5) is 4.69. The number of nitrogens with one attached hydrogen (secondary N) is 1. The molecule has 21 heavy (non-hydrogen) atoms. The lowest BCUT2D eigenvalue weighted by Crippen LogP contribution is -2.06. The van der Waals surface area contributed by atoms with Crippen molar-refractivity contribution in [3.63, 3.8) is 0 Å². The Kier molecular flexibility index (Phi) is 4.06. The van der Waals surface area contributed by atoms with Gasteiger partial charge in [0, 0.05) is 11.8 Å². The summed E-state index contributed by atoms with van der Waals surface area (Å²) in [5.41, 5.74) is 2.11. The van der Waals surface area contributed by atoms with E-state index >= 15 is 0 Å². The third-order valence-corrected chi connectivity index (χ3v) is 4.43. The molecule has 3 nitrogen and oxygen atoms in total. The molecule has 0 spiro atoms. The average Bonchev–Trinajstić information content (AvgIpc) is 2.92. The molecule has 0 aliphatic rings. The van der Waals surface area contributed by atoms with Gasteiger partial charge in [-0.25, -0.2) is 4.98 Å². The molecule has 1 heterocycles. The Morgan fingerprint density at radius 2 is 2.05 bits per heavy atom. The second-order valence-electron chi connectivity index (χ2n) is 4.85. The number of aromatic nitrogens is 1. The largest absolute Gasteiger partial charge is 0.494 e. The van der Waals surface area contributed by atoms with E-state index in [0.717, 1.165) is 22.0 Å². The standard InChI is InChI=1S/C17H18N2OS/c1-3-20-14-8-6-7-13(11-14)18-12(2)17-19-15-9-4-5-10-16(15)21-17/h4-12,18H,3H2,1-2H3. The minimum absolute atomic E-state index is 0.166. The molecule has 2 aromatic carbocycles. The van der Waals surface area contributed by atoms with Crippen molar-refractivity contribution < 1.29 is 4.74 Å². The van der Waals surface area contributed by atoms with Crippen molar-refractivity contribution in [1.82, 2.24) is 4.98 Å². The summed E-state index contributed by atoms with van der Waals surface area (Å²) in [5.74, 6) is 0.888. The number of ether oxygens (including phenoxy) is 1. The second kappa shape index (κ2) is 6.14. The first-order valence-electron chi connectivity index (χ1n) is 7.11. The van der Waals surface area contributed by atoms with Crippen LogP contribution < -0.4 is 10.1 Å². The number of para-hydroxylation sites is 1. The Hall–Kier alpha value is -2.07. The van der Waals surface area contributed by atoms with Crippen LogP contribution in [0.4, 0.5) is 5.69 Å². The van der Waals surface area contributed by atoms with Crippen LogP contribution in [0.15, 0.2) is 48.5 Å². The summed E-state index contributed by atoms with van der Waals surface area (Å²) < 4.78 is 6.75. The van der Waals surface area contributed by atoms with E-state index < -0.39 is 0 Å². The van der Waals surface area contributed by atoms with Crippen molar-refractivity contribution in [1.29, 1.82) is 0 Å². The molecule has 0 aliphatic heterocycles. The summed E-state index contributed by atoms with van der Waals surface area (Å²) in [5, 5.41) is 4.58. The van der Waals surface area contributed by atoms with Gasteiger partial charge in [-0.05, 0) is 38.1 Å². The van der Waals surface area contributed by atoms with Gasteiger partial charge in [-0.1, -0.05) is 18.2 Å². The number of hydrogen-bond donors (Lipinski definition) is 1. The highest BCUT2D eigenvalue weighted by Crippen LogP contribution is 2.29. The zero-order valence-corrected chi connectivity index (χ0v) is 13.0. The topological polar surface area (TPSA) is 34.1 Å². The minimum atomic E-state index is 0.166. The molecule has 108 valence electrons. The molecule has 1 N–H and O–H groups in total. The lowest BCUT2D eigenvalue weighted by atomic mass is 10.2. The molecule has 0 bridgehead atoms. The molecule has 0 amide bonds. The van der Waals surface area contributed by atoms with Crippen LogP contribution in [0, 0.1) is 0 Å². The van der Waals surface area contributed by atoms with Crippen molar-refractivity contribution in [2.45, 2.75) is 19.9 Å². The van der Waals surface area contributed by atoms with E-state index in [0.29, 0.717) is 6.61 Å². The Bertz CT molecular complexity index is 705. The van der Waals surface area contributed by atoms with Crippen LogP contribution in [0.2, 0.25) is 0 Å². The van der Waals surface area contributed by atoms with Gasteiger partial charge in [0.05, 0.1) is 22.9 Å². The van der Waals surface area contributed by atoms with Crippen LogP contribution in [-0.2, 0) is 0 Å². The van der Waals surface area contributed by atoms with Gasteiger partial charge < -0.3 is 10.1 Å². The maximum Gasteiger partial charge on any atom is 0.121 e. The van der Waals surface area contributed by atoms with Crippen molar-refractivity contribution >= 4 is 27.2 Å². The first kappa shape index (κ1) is 13.9. The van der Waals surface area contributed by atoms with E-state index in [1.165, 1.54) is 4.70 Å². The van der Waals surface area contributed by atoms with Crippen molar-refractivity contribution in [3.05, 3.63) is 53.5 Å². The Morgan fingerprint density at radius 3 is 2.86 bits per heavy atom. The predicted molar refractivity (Wildman–Crippen MR) is 89.3 cm³/mol. The summed E-state index contributed by atoms with van der Waals surface area (Å²) in [6.07, 6.45) is 0. The molecule has 3 rings (SSSR count). The van der Waals surface area contributed by atoms with E-state index in [2.05, 4.69) is 24.4 Å². The van der Waals surface area contributed by atoms with Gasteiger partial charge in [0.25, 0.3) is 0 Å². The summed E-state index contributed by atoms with van der Waals surface area (Å²) in [6, 6.07) is 16.4. The summed E-state index contributed by atoms with van der Waals surface area (Å²) in [7, 11) is 0. The highest BCUT2D eigenvalue weighted by molar-refractivity contribution is 7.18. The molecule has 0 fully saturated rings. The van der Waals surface area contributed by atoms with Crippen LogP contribution in [0.3, 0.4) is 0 Å². The fourth-order valence-electron chi connectivity index (χ4n) is 2.23. The predicted octanol–water partition coefficient (Wildman–Crippen LogP) is 4.87.